The van der Waals surface area contributed by atoms with Crippen LogP contribution in [0.1, 0.15) is 26.2 Å². The van der Waals surface area contributed by atoms with Crippen LogP contribution in [-0.2, 0) is 0 Å². The number of rotatable bonds is 5. The highest BCUT2D eigenvalue weighted by molar-refractivity contribution is 4.90. The molecule has 0 saturated heterocycles. The Labute approximate surface area is 77.1 Å². The highest BCUT2D eigenvalue weighted by atomic mass is 19.4. The van der Waals surface area contributed by atoms with E-state index in [0.717, 1.165) is 0 Å². The molecule has 0 aliphatic rings. The predicted octanol–water partition coefficient (Wildman–Crippen LogP) is 4.10. The van der Waals surface area contributed by atoms with Gasteiger partial charge >= 0.3 is 6.18 Å². The van der Waals surface area contributed by atoms with E-state index in [4.69, 9.17) is 0 Å². The molecule has 0 saturated carbocycles. The van der Waals surface area contributed by atoms with Gasteiger partial charge in [0.2, 0.25) is 0 Å². The van der Waals surface area contributed by atoms with Crippen molar-refractivity contribution in [3.63, 3.8) is 0 Å². The van der Waals surface area contributed by atoms with Crippen LogP contribution in [-0.4, -0.2) is 6.18 Å². The summed E-state index contributed by atoms with van der Waals surface area (Å²) in [6.45, 7) is 5.07. The van der Waals surface area contributed by atoms with Gasteiger partial charge in [-0.05, 0) is 26.2 Å². The summed E-state index contributed by atoms with van der Waals surface area (Å²) in [7, 11) is 0. The lowest BCUT2D eigenvalue weighted by Gasteiger charge is -2.15. The molecule has 1 atom stereocenters. The van der Waals surface area contributed by atoms with Crippen LogP contribution < -0.4 is 0 Å². The summed E-state index contributed by atoms with van der Waals surface area (Å²) in [5.74, 6) is -1.29. The Kier molecular flexibility index (Phi) is 5.51. The molecule has 0 aromatic rings. The number of allylic oxidation sites excluding steroid dienone is 3. The first-order chi connectivity index (χ1) is 6.02. The quantitative estimate of drug-likeness (QED) is 0.454. The summed E-state index contributed by atoms with van der Waals surface area (Å²) in [5.41, 5.74) is 0. The lowest BCUT2D eigenvalue weighted by atomic mass is 10.0. The molecule has 3 heteroatoms. The molecule has 0 amide bonds. The van der Waals surface area contributed by atoms with E-state index in [0.29, 0.717) is 12.8 Å². The van der Waals surface area contributed by atoms with Gasteiger partial charge in [0.15, 0.2) is 0 Å². The minimum Gasteiger partial charge on any atom is -0.170 e. The lowest BCUT2D eigenvalue weighted by molar-refractivity contribution is -0.162. The second-order valence-electron chi connectivity index (χ2n) is 2.89. The van der Waals surface area contributed by atoms with Crippen molar-refractivity contribution >= 4 is 0 Å². The minimum absolute atomic E-state index is 0.153. The van der Waals surface area contributed by atoms with Crippen molar-refractivity contribution < 1.29 is 13.2 Å². The molecule has 0 aromatic heterocycles. The van der Waals surface area contributed by atoms with Crippen molar-refractivity contribution in [2.24, 2.45) is 5.92 Å². The Balaban J connectivity index is 4.03. The fourth-order valence-corrected chi connectivity index (χ4v) is 1.08. The third-order valence-corrected chi connectivity index (χ3v) is 1.77. The molecule has 0 aliphatic carbocycles. The van der Waals surface area contributed by atoms with Crippen LogP contribution >= 0.6 is 0 Å². The molecule has 0 fully saturated rings. The van der Waals surface area contributed by atoms with Gasteiger partial charge < -0.3 is 0 Å². The number of unbranched alkanes of at least 4 members (excludes halogenated alkanes) is 1. The van der Waals surface area contributed by atoms with Gasteiger partial charge in [-0.2, -0.15) is 13.2 Å². The van der Waals surface area contributed by atoms with Crippen molar-refractivity contribution in [2.75, 3.05) is 0 Å². The molecule has 0 spiro atoms. The van der Waals surface area contributed by atoms with Gasteiger partial charge in [-0.25, -0.2) is 0 Å². The SMILES string of the molecule is C=CCCCC(/C=C/C)C(F)(F)F. The number of halogens is 3. The fraction of sp³-hybridized carbons (Fsp3) is 0.600. The van der Waals surface area contributed by atoms with E-state index in [1.807, 2.05) is 0 Å². The van der Waals surface area contributed by atoms with Gasteiger partial charge in [-0.3, -0.25) is 0 Å². The van der Waals surface area contributed by atoms with Crippen LogP contribution in [0.5, 0.6) is 0 Å². The summed E-state index contributed by atoms with van der Waals surface area (Å²) in [6.07, 6.45) is 1.54. The zero-order valence-corrected chi connectivity index (χ0v) is 7.77. The number of hydrogen-bond donors (Lipinski definition) is 0. The molecule has 0 heterocycles. The minimum atomic E-state index is -4.10. The van der Waals surface area contributed by atoms with E-state index >= 15 is 0 Å². The molecule has 0 nitrogen and oxygen atoms in total. The van der Waals surface area contributed by atoms with Gasteiger partial charge in [-0.15, -0.1) is 6.58 Å². The third-order valence-electron chi connectivity index (χ3n) is 1.77. The fourth-order valence-electron chi connectivity index (χ4n) is 1.08. The normalized spacial score (nSPS) is 14.8. The summed E-state index contributed by atoms with van der Waals surface area (Å²) in [6, 6.07) is 0. The first-order valence-electron chi connectivity index (χ1n) is 4.32. The molecular weight excluding hydrogens is 177 g/mol. The van der Waals surface area contributed by atoms with Crippen molar-refractivity contribution in [1.82, 2.24) is 0 Å². The monoisotopic (exact) mass is 192 g/mol. The molecule has 0 N–H and O–H groups in total. The zero-order valence-electron chi connectivity index (χ0n) is 7.77. The van der Waals surface area contributed by atoms with E-state index in [-0.39, 0.29) is 6.42 Å². The highest BCUT2D eigenvalue weighted by Gasteiger charge is 2.36. The Bertz CT molecular complexity index is 167. The average molecular weight is 192 g/mol. The molecule has 0 aliphatic heterocycles. The first-order valence-corrected chi connectivity index (χ1v) is 4.32. The molecule has 0 rings (SSSR count). The van der Waals surface area contributed by atoms with E-state index in [2.05, 4.69) is 6.58 Å². The standard InChI is InChI=1S/C10H15F3/c1-3-5-6-8-9(7-4-2)10(11,12)13/h3-4,7,9H,1,5-6,8H2,2H3/b7-4+. The van der Waals surface area contributed by atoms with Gasteiger partial charge in [0.25, 0.3) is 0 Å². The van der Waals surface area contributed by atoms with Crippen LogP contribution in [0.4, 0.5) is 13.2 Å². The lowest BCUT2D eigenvalue weighted by Crippen LogP contribution is -2.20. The molecule has 1 unspecified atom stereocenters. The topological polar surface area (TPSA) is 0 Å². The summed E-state index contributed by atoms with van der Waals surface area (Å²) >= 11 is 0. The third kappa shape index (κ3) is 5.50. The van der Waals surface area contributed by atoms with E-state index in [1.54, 1.807) is 13.0 Å². The van der Waals surface area contributed by atoms with Gasteiger partial charge in [0, 0.05) is 0 Å². The van der Waals surface area contributed by atoms with Crippen molar-refractivity contribution in [2.45, 2.75) is 32.4 Å². The smallest absolute Gasteiger partial charge is 0.170 e. The molecule has 13 heavy (non-hydrogen) atoms. The molecule has 0 radical (unpaired) electrons. The van der Waals surface area contributed by atoms with Crippen LogP contribution in [0.25, 0.3) is 0 Å². The highest BCUT2D eigenvalue weighted by Crippen LogP contribution is 2.31. The summed E-state index contributed by atoms with van der Waals surface area (Å²) in [4.78, 5) is 0. The Morgan fingerprint density at radius 1 is 1.38 bits per heavy atom. The van der Waals surface area contributed by atoms with Crippen molar-refractivity contribution in [3.8, 4) is 0 Å². The van der Waals surface area contributed by atoms with Crippen LogP contribution in [0, 0.1) is 5.92 Å². The Morgan fingerprint density at radius 2 is 2.00 bits per heavy atom. The summed E-state index contributed by atoms with van der Waals surface area (Å²) < 4.78 is 36.8. The second kappa shape index (κ2) is 5.84. The van der Waals surface area contributed by atoms with Crippen LogP contribution in [0.2, 0.25) is 0 Å². The second-order valence-corrected chi connectivity index (χ2v) is 2.89. The van der Waals surface area contributed by atoms with Gasteiger partial charge in [0.1, 0.15) is 0 Å². The molecular formula is C10H15F3. The van der Waals surface area contributed by atoms with Crippen molar-refractivity contribution in [1.29, 1.82) is 0 Å². The Morgan fingerprint density at radius 3 is 2.38 bits per heavy atom. The first kappa shape index (κ1) is 12.3. The van der Waals surface area contributed by atoms with E-state index < -0.39 is 12.1 Å². The van der Waals surface area contributed by atoms with Gasteiger partial charge in [-0.1, -0.05) is 18.2 Å². The maximum atomic E-state index is 12.3. The molecule has 0 aromatic carbocycles. The Hall–Kier alpha value is -0.730. The number of hydrogen-bond acceptors (Lipinski definition) is 0. The average Bonchev–Trinajstić information content (AvgIpc) is 2.01. The van der Waals surface area contributed by atoms with Crippen LogP contribution in [0.15, 0.2) is 24.8 Å². The van der Waals surface area contributed by atoms with Gasteiger partial charge in [0.05, 0.1) is 5.92 Å². The molecule has 0 bridgehead atoms. The van der Waals surface area contributed by atoms with E-state index in [9.17, 15) is 13.2 Å². The van der Waals surface area contributed by atoms with E-state index in [1.165, 1.54) is 12.2 Å². The van der Waals surface area contributed by atoms with Crippen LogP contribution in [0.3, 0.4) is 0 Å². The molecule has 76 valence electrons. The summed E-state index contributed by atoms with van der Waals surface area (Å²) in [5, 5.41) is 0. The van der Waals surface area contributed by atoms with Crippen molar-refractivity contribution in [3.05, 3.63) is 24.8 Å². The maximum Gasteiger partial charge on any atom is 0.395 e. The predicted molar refractivity (Wildman–Crippen MR) is 48.4 cm³/mol. The zero-order chi connectivity index (χ0) is 10.3. The largest absolute Gasteiger partial charge is 0.395 e. The number of alkyl halides is 3. The maximum absolute atomic E-state index is 12.3.